The molecule has 4 nitrogen and oxygen atoms in total. The molecule has 0 amide bonds. The van der Waals surface area contributed by atoms with Crippen molar-refractivity contribution in [3.8, 4) is 11.3 Å². The molecular formula is C15H15NO3. The summed E-state index contributed by atoms with van der Waals surface area (Å²) >= 11 is 0. The Labute approximate surface area is 111 Å². The van der Waals surface area contributed by atoms with Crippen molar-refractivity contribution in [3.63, 3.8) is 0 Å². The molecule has 2 aromatic rings. The van der Waals surface area contributed by atoms with Gasteiger partial charge in [0.2, 0.25) is 0 Å². The van der Waals surface area contributed by atoms with Crippen LogP contribution in [0.4, 0.5) is 0 Å². The van der Waals surface area contributed by atoms with E-state index in [0.29, 0.717) is 6.42 Å². The molecule has 0 saturated heterocycles. The van der Waals surface area contributed by atoms with Gasteiger partial charge in [0.25, 0.3) is 0 Å². The van der Waals surface area contributed by atoms with Gasteiger partial charge in [-0.25, -0.2) is 0 Å². The van der Waals surface area contributed by atoms with E-state index in [2.05, 4.69) is 30.3 Å². The maximum atomic E-state index is 10.6. The molecular weight excluding hydrogens is 242 g/mol. The predicted molar refractivity (Wildman–Crippen MR) is 70.0 cm³/mol. The lowest BCUT2D eigenvalue weighted by molar-refractivity contribution is -0.136. The summed E-state index contributed by atoms with van der Waals surface area (Å²) in [6.07, 6.45) is 2.38. The minimum Gasteiger partial charge on any atom is -0.481 e. The maximum absolute atomic E-state index is 10.6. The Morgan fingerprint density at radius 2 is 2.26 bits per heavy atom. The second kappa shape index (κ2) is 4.53. The number of nitrogens with zero attached hydrogens (tertiary/aromatic N) is 1. The fourth-order valence-electron chi connectivity index (χ4n) is 2.64. The van der Waals surface area contributed by atoms with Gasteiger partial charge in [-0.2, -0.15) is 0 Å². The second-order valence-corrected chi connectivity index (χ2v) is 4.99. The van der Waals surface area contributed by atoms with Crippen LogP contribution < -0.4 is 0 Å². The molecule has 0 unspecified atom stereocenters. The van der Waals surface area contributed by atoms with Crippen molar-refractivity contribution in [1.29, 1.82) is 0 Å². The van der Waals surface area contributed by atoms with Crippen LogP contribution in [0.15, 0.2) is 22.7 Å². The number of carboxylic acids is 1. The Balaban J connectivity index is 1.97. The molecule has 0 aliphatic heterocycles. The maximum Gasteiger partial charge on any atom is 0.303 e. The number of hydrogen-bond donors (Lipinski definition) is 1. The van der Waals surface area contributed by atoms with Crippen LogP contribution in [0, 0.1) is 6.92 Å². The van der Waals surface area contributed by atoms with Crippen molar-refractivity contribution >= 4 is 5.97 Å². The normalized spacial score (nSPS) is 12.9. The summed E-state index contributed by atoms with van der Waals surface area (Å²) < 4.78 is 5.44. The number of aliphatic carboxylic acids is 1. The number of hydrogen-bond acceptors (Lipinski definition) is 3. The van der Waals surface area contributed by atoms with Crippen LogP contribution in [0.3, 0.4) is 0 Å². The van der Waals surface area contributed by atoms with Crippen LogP contribution >= 0.6 is 0 Å². The third kappa shape index (κ3) is 2.14. The molecule has 0 atom stereocenters. The Bertz CT molecular complexity index is 643. The van der Waals surface area contributed by atoms with Gasteiger partial charge < -0.3 is 9.63 Å². The van der Waals surface area contributed by atoms with Crippen LogP contribution in [0.1, 0.15) is 28.8 Å². The summed E-state index contributed by atoms with van der Waals surface area (Å²) in [5.41, 5.74) is 5.50. The highest BCUT2D eigenvalue weighted by Crippen LogP contribution is 2.35. The Hall–Kier alpha value is -2.10. The van der Waals surface area contributed by atoms with Gasteiger partial charge in [-0.05, 0) is 25.3 Å². The first-order valence-corrected chi connectivity index (χ1v) is 6.44. The number of fused-ring (bicyclic) bond motifs is 3. The number of benzene rings is 1. The summed E-state index contributed by atoms with van der Waals surface area (Å²) in [6.45, 7) is 2.08. The highest BCUT2D eigenvalue weighted by Gasteiger charge is 2.24. The van der Waals surface area contributed by atoms with E-state index in [9.17, 15) is 4.79 Å². The molecule has 1 aromatic heterocycles. The molecule has 0 fully saturated rings. The number of aromatic nitrogens is 1. The van der Waals surface area contributed by atoms with Crippen molar-refractivity contribution in [2.24, 2.45) is 0 Å². The lowest BCUT2D eigenvalue weighted by atomic mass is 9.88. The first-order chi connectivity index (χ1) is 9.15. The average molecular weight is 257 g/mol. The number of carbonyl (C=O) groups is 1. The van der Waals surface area contributed by atoms with Crippen molar-refractivity contribution in [2.45, 2.75) is 32.6 Å². The van der Waals surface area contributed by atoms with E-state index >= 15 is 0 Å². The van der Waals surface area contributed by atoms with E-state index in [0.717, 1.165) is 35.4 Å². The topological polar surface area (TPSA) is 63.3 Å². The fourth-order valence-corrected chi connectivity index (χ4v) is 2.64. The molecule has 4 heteroatoms. The Morgan fingerprint density at radius 1 is 1.42 bits per heavy atom. The SMILES string of the molecule is Cc1ccc2c(c1)CCc1c(CCC(=O)O)noc1-2. The van der Waals surface area contributed by atoms with Gasteiger partial charge in [0.05, 0.1) is 12.1 Å². The van der Waals surface area contributed by atoms with Crippen LogP contribution in [0.5, 0.6) is 0 Å². The smallest absolute Gasteiger partial charge is 0.303 e. The van der Waals surface area contributed by atoms with Crippen molar-refractivity contribution in [3.05, 3.63) is 40.6 Å². The molecule has 0 saturated carbocycles. The van der Waals surface area contributed by atoms with E-state index in [4.69, 9.17) is 9.63 Å². The highest BCUT2D eigenvalue weighted by atomic mass is 16.5. The summed E-state index contributed by atoms with van der Waals surface area (Å²) in [5, 5.41) is 12.8. The molecule has 1 N–H and O–H groups in total. The fraction of sp³-hybridized carbons (Fsp3) is 0.333. The van der Waals surface area contributed by atoms with E-state index in [1.807, 2.05) is 0 Å². The van der Waals surface area contributed by atoms with E-state index < -0.39 is 5.97 Å². The molecule has 0 bridgehead atoms. The molecule has 1 aliphatic rings. The van der Waals surface area contributed by atoms with Crippen LogP contribution in [-0.2, 0) is 24.1 Å². The van der Waals surface area contributed by atoms with Crippen molar-refractivity contribution in [2.75, 3.05) is 0 Å². The van der Waals surface area contributed by atoms with E-state index in [-0.39, 0.29) is 6.42 Å². The lowest BCUT2D eigenvalue weighted by Crippen LogP contribution is -2.05. The third-order valence-corrected chi connectivity index (χ3v) is 3.59. The summed E-state index contributed by atoms with van der Waals surface area (Å²) in [5.74, 6) is 0.0187. The third-order valence-electron chi connectivity index (χ3n) is 3.59. The first kappa shape index (κ1) is 12.0. The van der Waals surface area contributed by atoms with Crippen LogP contribution in [0.25, 0.3) is 11.3 Å². The van der Waals surface area contributed by atoms with Gasteiger partial charge >= 0.3 is 5.97 Å². The average Bonchev–Trinajstić information content (AvgIpc) is 2.79. The van der Waals surface area contributed by atoms with Gasteiger partial charge in [-0.3, -0.25) is 4.79 Å². The second-order valence-electron chi connectivity index (χ2n) is 4.99. The molecule has 1 heterocycles. The predicted octanol–water partition coefficient (Wildman–Crippen LogP) is 2.77. The summed E-state index contributed by atoms with van der Waals surface area (Å²) in [6, 6.07) is 6.31. The lowest BCUT2D eigenvalue weighted by Gasteiger charge is -2.15. The van der Waals surface area contributed by atoms with Crippen molar-refractivity contribution < 1.29 is 14.4 Å². The largest absolute Gasteiger partial charge is 0.481 e. The highest BCUT2D eigenvalue weighted by molar-refractivity contribution is 5.70. The zero-order valence-electron chi connectivity index (χ0n) is 10.8. The molecule has 19 heavy (non-hydrogen) atoms. The van der Waals surface area contributed by atoms with Crippen LogP contribution in [0.2, 0.25) is 0 Å². The minimum atomic E-state index is -0.802. The quantitative estimate of drug-likeness (QED) is 0.918. The molecule has 0 spiro atoms. The monoisotopic (exact) mass is 257 g/mol. The first-order valence-electron chi connectivity index (χ1n) is 6.44. The van der Waals surface area contributed by atoms with Gasteiger partial charge in [-0.15, -0.1) is 0 Å². The standard InChI is InChI=1S/C15H15NO3/c1-9-2-4-11-10(8-9)3-5-12-13(6-7-14(17)18)16-19-15(11)12/h2,4,8H,3,5-7H2,1H3,(H,17,18). The van der Waals surface area contributed by atoms with Gasteiger partial charge in [0.15, 0.2) is 5.76 Å². The van der Waals surface area contributed by atoms with Gasteiger partial charge in [-0.1, -0.05) is 28.9 Å². The zero-order chi connectivity index (χ0) is 13.4. The van der Waals surface area contributed by atoms with Gasteiger partial charge in [0.1, 0.15) is 0 Å². The molecule has 1 aliphatic carbocycles. The van der Waals surface area contributed by atoms with E-state index in [1.54, 1.807) is 0 Å². The summed E-state index contributed by atoms with van der Waals surface area (Å²) in [4.78, 5) is 10.6. The van der Waals surface area contributed by atoms with Crippen LogP contribution in [-0.4, -0.2) is 16.2 Å². The summed E-state index contributed by atoms with van der Waals surface area (Å²) in [7, 11) is 0. The molecule has 0 radical (unpaired) electrons. The number of carboxylic acid groups (broad SMARTS) is 1. The minimum absolute atomic E-state index is 0.0970. The van der Waals surface area contributed by atoms with Crippen molar-refractivity contribution in [1.82, 2.24) is 5.16 Å². The molecule has 3 rings (SSSR count). The Morgan fingerprint density at radius 3 is 3.05 bits per heavy atom. The number of aryl methyl sites for hydroxylation is 3. The Kier molecular flexibility index (Phi) is 2.85. The number of rotatable bonds is 3. The van der Waals surface area contributed by atoms with Gasteiger partial charge in [0, 0.05) is 17.5 Å². The van der Waals surface area contributed by atoms with E-state index in [1.165, 1.54) is 11.1 Å². The zero-order valence-corrected chi connectivity index (χ0v) is 10.8. The molecule has 98 valence electrons. The molecule has 1 aromatic carbocycles.